The lowest BCUT2D eigenvalue weighted by atomic mass is 9.88. The predicted octanol–water partition coefficient (Wildman–Crippen LogP) is 3.34. The molecule has 1 atom stereocenters. The molecular weight excluding hydrogens is 276 g/mol. The number of hydrogen-bond acceptors (Lipinski definition) is 2. The number of carbonyl (C=O) groups excluding carboxylic acids is 2. The summed E-state index contributed by atoms with van der Waals surface area (Å²) in [5.74, 6) is 0.343. The maximum Gasteiger partial charge on any atom is 0.325 e. The van der Waals surface area contributed by atoms with Crippen molar-refractivity contribution in [3.8, 4) is 0 Å². The fourth-order valence-electron chi connectivity index (χ4n) is 3.57. The highest BCUT2D eigenvalue weighted by molar-refractivity contribution is 6.07. The molecule has 0 aromatic heterocycles. The summed E-state index contributed by atoms with van der Waals surface area (Å²) in [7, 11) is 0. The molecule has 4 nitrogen and oxygen atoms in total. The first-order chi connectivity index (χ1) is 10.5. The van der Waals surface area contributed by atoms with Crippen LogP contribution in [0.25, 0.3) is 0 Å². The minimum Gasteiger partial charge on any atom is -0.319 e. The maximum absolute atomic E-state index is 12.8. The van der Waals surface area contributed by atoms with Gasteiger partial charge in [0.1, 0.15) is 5.54 Å². The lowest BCUT2D eigenvalue weighted by Crippen LogP contribution is -2.41. The first-order valence-corrected chi connectivity index (χ1v) is 8.22. The van der Waals surface area contributed by atoms with Gasteiger partial charge in [0.25, 0.3) is 5.91 Å². The van der Waals surface area contributed by atoms with Crippen molar-refractivity contribution >= 4 is 11.9 Å². The minimum absolute atomic E-state index is 0.119. The number of benzene rings is 1. The maximum atomic E-state index is 12.8. The molecule has 1 aromatic carbocycles. The van der Waals surface area contributed by atoms with Gasteiger partial charge in [-0.2, -0.15) is 0 Å². The van der Waals surface area contributed by atoms with Crippen LogP contribution in [-0.4, -0.2) is 23.4 Å². The molecule has 2 aliphatic rings. The smallest absolute Gasteiger partial charge is 0.319 e. The number of rotatable bonds is 3. The normalized spacial score (nSPS) is 26.4. The standard InChI is InChI=1S/C18H24N2O2/c1-13-8-10-15(11-9-13)18(2)16(21)20(17(22)19-18)12-14-6-4-3-5-7-14/h8-11,14H,3-7,12H2,1-2H3,(H,19,22). The highest BCUT2D eigenvalue weighted by Crippen LogP contribution is 2.31. The summed E-state index contributed by atoms with van der Waals surface area (Å²) in [4.78, 5) is 26.6. The van der Waals surface area contributed by atoms with Gasteiger partial charge in [-0.25, -0.2) is 4.79 Å². The number of carbonyl (C=O) groups is 2. The van der Waals surface area contributed by atoms with E-state index in [0.717, 1.165) is 24.0 Å². The van der Waals surface area contributed by atoms with Crippen molar-refractivity contribution in [2.24, 2.45) is 5.92 Å². The molecule has 1 aromatic rings. The number of urea groups is 1. The number of aryl methyl sites for hydroxylation is 1. The van der Waals surface area contributed by atoms with Gasteiger partial charge < -0.3 is 5.32 Å². The SMILES string of the molecule is Cc1ccc(C2(C)NC(=O)N(CC3CCCCC3)C2=O)cc1. The Balaban J connectivity index is 1.79. The van der Waals surface area contributed by atoms with Gasteiger partial charge in [-0.3, -0.25) is 9.69 Å². The second-order valence-electron chi connectivity index (χ2n) is 6.84. The van der Waals surface area contributed by atoms with Crippen molar-refractivity contribution in [2.75, 3.05) is 6.54 Å². The average molecular weight is 300 g/mol. The number of hydrogen-bond donors (Lipinski definition) is 1. The second-order valence-corrected chi connectivity index (χ2v) is 6.84. The fourth-order valence-corrected chi connectivity index (χ4v) is 3.57. The molecule has 118 valence electrons. The topological polar surface area (TPSA) is 49.4 Å². The van der Waals surface area contributed by atoms with Gasteiger partial charge in [0.15, 0.2) is 0 Å². The monoisotopic (exact) mass is 300 g/mol. The van der Waals surface area contributed by atoms with E-state index in [1.807, 2.05) is 31.2 Å². The van der Waals surface area contributed by atoms with Crippen LogP contribution in [0.4, 0.5) is 4.79 Å². The van der Waals surface area contributed by atoms with Crippen molar-refractivity contribution in [3.63, 3.8) is 0 Å². The summed E-state index contributed by atoms with van der Waals surface area (Å²) < 4.78 is 0. The molecule has 0 radical (unpaired) electrons. The Hall–Kier alpha value is -1.84. The van der Waals surface area contributed by atoms with Gasteiger partial charge in [0, 0.05) is 6.54 Å². The van der Waals surface area contributed by atoms with Crippen LogP contribution >= 0.6 is 0 Å². The number of imide groups is 1. The number of nitrogens with zero attached hydrogens (tertiary/aromatic N) is 1. The van der Waals surface area contributed by atoms with Gasteiger partial charge in [-0.1, -0.05) is 49.1 Å². The lowest BCUT2D eigenvalue weighted by Gasteiger charge is -2.26. The van der Waals surface area contributed by atoms with Gasteiger partial charge >= 0.3 is 6.03 Å². The highest BCUT2D eigenvalue weighted by Gasteiger charge is 2.49. The average Bonchev–Trinajstić information content (AvgIpc) is 2.73. The molecule has 22 heavy (non-hydrogen) atoms. The summed E-state index contributed by atoms with van der Waals surface area (Å²) in [6.45, 7) is 4.38. The molecule has 2 fully saturated rings. The van der Waals surface area contributed by atoms with Crippen LogP contribution in [0.15, 0.2) is 24.3 Å². The zero-order valence-electron chi connectivity index (χ0n) is 13.4. The van der Waals surface area contributed by atoms with E-state index in [0.29, 0.717) is 12.5 Å². The molecule has 3 rings (SSSR count). The quantitative estimate of drug-likeness (QED) is 0.870. The molecule has 1 N–H and O–H groups in total. The van der Waals surface area contributed by atoms with E-state index in [2.05, 4.69) is 5.32 Å². The second kappa shape index (κ2) is 5.75. The van der Waals surface area contributed by atoms with E-state index in [4.69, 9.17) is 0 Å². The Morgan fingerprint density at radius 2 is 1.77 bits per heavy atom. The van der Waals surface area contributed by atoms with E-state index in [-0.39, 0.29) is 11.9 Å². The van der Waals surface area contributed by atoms with Crippen molar-refractivity contribution in [2.45, 2.75) is 51.5 Å². The molecule has 1 aliphatic heterocycles. The highest BCUT2D eigenvalue weighted by atomic mass is 16.2. The number of amides is 3. The Kier molecular flexibility index (Phi) is 3.94. The van der Waals surface area contributed by atoms with Crippen LogP contribution < -0.4 is 5.32 Å². The van der Waals surface area contributed by atoms with Gasteiger partial charge in [0.2, 0.25) is 0 Å². The van der Waals surface area contributed by atoms with Crippen LogP contribution in [-0.2, 0) is 10.3 Å². The van der Waals surface area contributed by atoms with Crippen LogP contribution in [0.1, 0.15) is 50.2 Å². The zero-order valence-corrected chi connectivity index (χ0v) is 13.4. The molecule has 4 heteroatoms. The molecule has 1 heterocycles. The predicted molar refractivity (Wildman–Crippen MR) is 85.4 cm³/mol. The van der Waals surface area contributed by atoms with Crippen molar-refractivity contribution in [3.05, 3.63) is 35.4 Å². The van der Waals surface area contributed by atoms with Crippen molar-refractivity contribution < 1.29 is 9.59 Å². The van der Waals surface area contributed by atoms with E-state index in [1.54, 1.807) is 6.92 Å². The Labute approximate surface area is 131 Å². The summed E-state index contributed by atoms with van der Waals surface area (Å²) in [5.41, 5.74) is 1.06. The van der Waals surface area contributed by atoms with Crippen LogP contribution in [0.5, 0.6) is 0 Å². The fraction of sp³-hybridized carbons (Fsp3) is 0.556. The van der Waals surface area contributed by atoms with E-state index < -0.39 is 5.54 Å². The molecular formula is C18H24N2O2. The van der Waals surface area contributed by atoms with Crippen molar-refractivity contribution in [1.29, 1.82) is 0 Å². The molecule has 1 unspecified atom stereocenters. The molecule has 1 saturated carbocycles. The summed E-state index contributed by atoms with van der Waals surface area (Å²) >= 11 is 0. The lowest BCUT2D eigenvalue weighted by molar-refractivity contribution is -0.131. The summed E-state index contributed by atoms with van der Waals surface area (Å²) in [6.07, 6.45) is 5.95. The van der Waals surface area contributed by atoms with Crippen LogP contribution in [0, 0.1) is 12.8 Å². The van der Waals surface area contributed by atoms with E-state index >= 15 is 0 Å². The van der Waals surface area contributed by atoms with Crippen molar-refractivity contribution in [1.82, 2.24) is 10.2 Å². The van der Waals surface area contributed by atoms with E-state index in [9.17, 15) is 9.59 Å². The third-order valence-electron chi connectivity index (χ3n) is 5.07. The molecule has 3 amide bonds. The van der Waals surface area contributed by atoms with Crippen LogP contribution in [0.3, 0.4) is 0 Å². The van der Waals surface area contributed by atoms with Gasteiger partial charge in [-0.05, 0) is 38.2 Å². The minimum atomic E-state index is -0.931. The van der Waals surface area contributed by atoms with Crippen LogP contribution in [0.2, 0.25) is 0 Å². The Morgan fingerprint density at radius 1 is 1.14 bits per heavy atom. The molecule has 0 spiro atoms. The largest absolute Gasteiger partial charge is 0.325 e. The third-order valence-corrected chi connectivity index (χ3v) is 5.07. The Morgan fingerprint density at radius 3 is 2.41 bits per heavy atom. The van der Waals surface area contributed by atoms with Gasteiger partial charge in [0.05, 0.1) is 0 Å². The zero-order chi connectivity index (χ0) is 15.7. The third kappa shape index (κ3) is 2.62. The summed E-state index contributed by atoms with van der Waals surface area (Å²) in [6, 6.07) is 7.56. The molecule has 1 saturated heterocycles. The van der Waals surface area contributed by atoms with Gasteiger partial charge in [-0.15, -0.1) is 0 Å². The summed E-state index contributed by atoms with van der Waals surface area (Å²) in [5, 5.41) is 2.89. The first-order valence-electron chi connectivity index (χ1n) is 8.22. The molecule has 0 bridgehead atoms. The van der Waals surface area contributed by atoms with E-state index in [1.165, 1.54) is 24.2 Å². The molecule has 1 aliphatic carbocycles. The first kappa shape index (κ1) is 15.1. The number of nitrogens with one attached hydrogen (secondary N) is 1. The Bertz CT molecular complexity index is 575.